The number of halogens is 1. The Hall–Kier alpha value is -0.730. The maximum atomic E-state index is 5.83. The van der Waals surface area contributed by atoms with E-state index in [0.29, 0.717) is 5.88 Å². The molecular formula is C12H18ClNO. The van der Waals surface area contributed by atoms with E-state index in [9.17, 15) is 0 Å². The summed E-state index contributed by atoms with van der Waals surface area (Å²) in [7, 11) is 1.73. The quantitative estimate of drug-likeness (QED) is 0.570. The van der Waals surface area contributed by atoms with Gasteiger partial charge >= 0.3 is 0 Å². The molecule has 0 unspecified atom stereocenters. The Labute approximate surface area is 96.6 Å². The van der Waals surface area contributed by atoms with Crippen LogP contribution in [0.5, 0.6) is 0 Å². The Kier molecular flexibility index (Phi) is 6.21. The summed E-state index contributed by atoms with van der Waals surface area (Å²) < 4.78 is 4.99. The summed E-state index contributed by atoms with van der Waals surface area (Å²) in [6.07, 6.45) is 2.21. The Balaban J connectivity index is 2.30. The van der Waals surface area contributed by atoms with Crippen molar-refractivity contribution in [3.05, 3.63) is 29.8 Å². The first-order chi connectivity index (χ1) is 7.38. The highest BCUT2D eigenvalue weighted by Crippen LogP contribution is 2.16. The van der Waals surface area contributed by atoms with E-state index in [-0.39, 0.29) is 0 Å². The van der Waals surface area contributed by atoms with Crippen molar-refractivity contribution in [2.45, 2.75) is 18.7 Å². The number of hydrogen-bond donors (Lipinski definition) is 1. The minimum absolute atomic E-state index is 0.557. The number of para-hydroxylation sites is 1. The van der Waals surface area contributed by atoms with Gasteiger partial charge in [0.15, 0.2) is 0 Å². The molecule has 0 radical (unpaired) electrons. The van der Waals surface area contributed by atoms with Gasteiger partial charge in [-0.05, 0) is 24.5 Å². The molecule has 1 rings (SSSR count). The van der Waals surface area contributed by atoms with E-state index in [4.69, 9.17) is 16.3 Å². The van der Waals surface area contributed by atoms with E-state index >= 15 is 0 Å². The molecule has 0 aliphatic heterocycles. The van der Waals surface area contributed by atoms with Gasteiger partial charge in [-0.25, -0.2) is 0 Å². The van der Waals surface area contributed by atoms with Crippen LogP contribution in [-0.4, -0.2) is 20.3 Å². The highest BCUT2D eigenvalue weighted by Gasteiger charge is 1.98. The Bertz CT molecular complexity index is 278. The molecule has 0 aromatic heterocycles. The second kappa shape index (κ2) is 7.55. The molecule has 0 saturated carbocycles. The van der Waals surface area contributed by atoms with Crippen LogP contribution in [0.3, 0.4) is 0 Å². The average molecular weight is 228 g/mol. The molecule has 2 nitrogen and oxygen atoms in total. The predicted molar refractivity (Wildman–Crippen MR) is 65.6 cm³/mol. The standard InChI is InChI=1S/C12H18ClNO/c1-15-9-5-4-8-14-12-7-3-2-6-11(12)10-13/h2-3,6-7,14H,4-5,8-10H2,1H3. The third-order valence-corrected chi connectivity index (χ3v) is 2.54. The van der Waals surface area contributed by atoms with E-state index in [1.807, 2.05) is 18.2 Å². The van der Waals surface area contributed by atoms with E-state index in [2.05, 4.69) is 11.4 Å². The van der Waals surface area contributed by atoms with Gasteiger partial charge in [-0.3, -0.25) is 0 Å². The van der Waals surface area contributed by atoms with Gasteiger partial charge in [0, 0.05) is 31.8 Å². The SMILES string of the molecule is COCCCCNc1ccccc1CCl. The minimum atomic E-state index is 0.557. The molecule has 0 aliphatic rings. The number of hydrogen-bond acceptors (Lipinski definition) is 2. The van der Waals surface area contributed by atoms with Gasteiger partial charge in [-0.15, -0.1) is 11.6 Å². The monoisotopic (exact) mass is 227 g/mol. The number of anilines is 1. The fraction of sp³-hybridized carbons (Fsp3) is 0.500. The number of rotatable bonds is 7. The molecule has 84 valence electrons. The zero-order chi connectivity index (χ0) is 10.9. The molecular weight excluding hydrogens is 210 g/mol. The van der Waals surface area contributed by atoms with Crippen molar-refractivity contribution >= 4 is 17.3 Å². The molecule has 0 spiro atoms. The van der Waals surface area contributed by atoms with E-state index < -0.39 is 0 Å². The second-order valence-electron chi connectivity index (χ2n) is 3.42. The largest absolute Gasteiger partial charge is 0.385 e. The molecule has 0 atom stereocenters. The predicted octanol–water partition coefficient (Wildman–Crippen LogP) is 3.26. The number of methoxy groups -OCH3 is 1. The molecule has 3 heteroatoms. The summed E-state index contributed by atoms with van der Waals surface area (Å²) in [6.45, 7) is 1.80. The van der Waals surface area contributed by atoms with Crippen molar-refractivity contribution in [1.82, 2.24) is 0 Å². The van der Waals surface area contributed by atoms with Crippen LogP contribution in [0.4, 0.5) is 5.69 Å². The van der Waals surface area contributed by atoms with Crippen molar-refractivity contribution in [2.24, 2.45) is 0 Å². The summed E-state index contributed by atoms with van der Waals surface area (Å²) in [5.41, 5.74) is 2.30. The van der Waals surface area contributed by atoms with E-state index in [0.717, 1.165) is 37.2 Å². The molecule has 0 saturated heterocycles. The van der Waals surface area contributed by atoms with Gasteiger partial charge in [0.1, 0.15) is 0 Å². The maximum absolute atomic E-state index is 5.83. The zero-order valence-electron chi connectivity index (χ0n) is 9.13. The summed E-state index contributed by atoms with van der Waals surface area (Å²) in [5.74, 6) is 0.557. The molecule has 0 amide bonds. The van der Waals surface area contributed by atoms with E-state index in [1.165, 1.54) is 0 Å². The van der Waals surface area contributed by atoms with Crippen LogP contribution in [0.2, 0.25) is 0 Å². The number of unbranched alkanes of at least 4 members (excludes halogenated alkanes) is 1. The van der Waals surface area contributed by atoms with Crippen molar-refractivity contribution in [1.29, 1.82) is 0 Å². The number of ether oxygens (including phenoxy) is 1. The van der Waals surface area contributed by atoms with Crippen LogP contribution in [0.1, 0.15) is 18.4 Å². The van der Waals surface area contributed by atoms with Crippen LogP contribution in [0.15, 0.2) is 24.3 Å². The van der Waals surface area contributed by atoms with Crippen LogP contribution < -0.4 is 5.32 Å². The number of benzene rings is 1. The summed E-state index contributed by atoms with van der Waals surface area (Å²) in [4.78, 5) is 0. The van der Waals surface area contributed by atoms with Crippen LogP contribution in [0.25, 0.3) is 0 Å². The minimum Gasteiger partial charge on any atom is -0.385 e. The summed E-state index contributed by atoms with van der Waals surface area (Å²) in [5, 5.41) is 3.38. The summed E-state index contributed by atoms with van der Waals surface area (Å²) in [6, 6.07) is 8.14. The number of nitrogens with one attached hydrogen (secondary N) is 1. The van der Waals surface area contributed by atoms with Gasteiger partial charge in [0.05, 0.1) is 0 Å². The Morgan fingerprint density at radius 1 is 1.27 bits per heavy atom. The van der Waals surface area contributed by atoms with Gasteiger partial charge in [-0.2, -0.15) is 0 Å². The van der Waals surface area contributed by atoms with Gasteiger partial charge in [0.25, 0.3) is 0 Å². The molecule has 0 bridgehead atoms. The lowest BCUT2D eigenvalue weighted by atomic mass is 10.2. The Morgan fingerprint density at radius 2 is 2.07 bits per heavy atom. The fourth-order valence-electron chi connectivity index (χ4n) is 1.40. The van der Waals surface area contributed by atoms with E-state index in [1.54, 1.807) is 7.11 Å². The smallest absolute Gasteiger partial charge is 0.0494 e. The zero-order valence-corrected chi connectivity index (χ0v) is 9.89. The van der Waals surface area contributed by atoms with Crippen molar-refractivity contribution < 1.29 is 4.74 Å². The van der Waals surface area contributed by atoms with Crippen LogP contribution in [0, 0.1) is 0 Å². The lowest BCUT2D eigenvalue weighted by Crippen LogP contribution is -2.04. The highest BCUT2D eigenvalue weighted by atomic mass is 35.5. The lowest BCUT2D eigenvalue weighted by molar-refractivity contribution is 0.194. The fourth-order valence-corrected chi connectivity index (χ4v) is 1.64. The molecule has 1 N–H and O–H groups in total. The molecule has 0 fully saturated rings. The molecule has 15 heavy (non-hydrogen) atoms. The van der Waals surface area contributed by atoms with Gasteiger partial charge in [-0.1, -0.05) is 18.2 Å². The average Bonchev–Trinajstić information content (AvgIpc) is 2.29. The molecule has 1 aromatic rings. The van der Waals surface area contributed by atoms with Crippen LogP contribution in [-0.2, 0) is 10.6 Å². The topological polar surface area (TPSA) is 21.3 Å². The van der Waals surface area contributed by atoms with Gasteiger partial charge in [0.2, 0.25) is 0 Å². The lowest BCUT2D eigenvalue weighted by Gasteiger charge is -2.09. The first-order valence-corrected chi connectivity index (χ1v) is 5.78. The van der Waals surface area contributed by atoms with Crippen LogP contribution >= 0.6 is 11.6 Å². The molecule has 0 heterocycles. The maximum Gasteiger partial charge on any atom is 0.0494 e. The number of alkyl halides is 1. The summed E-state index contributed by atoms with van der Waals surface area (Å²) >= 11 is 5.83. The second-order valence-corrected chi connectivity index (χ2v) is 3.68. The molecule has 0 aliphatic carbocycles. The highest BCUT2D eigenvalue weighted by molar-refractivity contribution is 6.17. The Morgan fingerprint density at radius 3 is 2.80 bits per heavy atom. The van der Waals surface area contributed by atoms with Gasteiger partial charge < -0.3 is 10.1 Å². The third kappa shape index (κ3) is 4.54. The first-order valence-electron chi connectivity index (χ1n) is 5.25. The normalized spacial score (nSPS) is 10.3. The van der Waals surface area contributed by atoms with Crippen molar-refractivity contribution in [2.75, 3.05) is 25.6 Å². The first kappa shape index (κ1) is 12.3. The van der Waals surface area contributed by atoms with Crippen molar-refractivity contribution in [3.8, 4) is 0 Å². The molecule has 1 aromatic carbocycles. The third-order valence-electron chi connectivity index (χ3n) is 2.25. The van der Waals surface area contributed by atoms with Crippen molar-refractivity contribution in [3.63, 3.8) is 0 Å².